The fourth-order valence-corrected chi connectivity index (χ4v) is 1.79. The summed E-state index contributed by atoms with van der Waals surface area (Å²) in [4.78, 5) is 15.9. The van der Waals surface area contributed by atoms with Crippen molar-refractivity contribution in [2.45, 2.75) is 0 Å². The third-order valence-corrected chi connectivity index (χ3v) is 2.67. The Morgan fingerprint density at radius 2 is 2.05 bits per heavy atom. The van der Waals surface area contributed by atoms with Gasteiger partial charge in [-0.25, -0.2) is 9.79 Å². The highest BCUT2D eigenvalue weighted by atomic mass is 16.6. The lowest BCUT2D eigenvalue weighted by Gasteiger charge is -1.97. The normalized spacial score (nSPS) is 16.6. The van der Waals surface area contributed by atoms with Crippen LogP contribution in [0.3, 0.4) is 0 Å². The SMILES string of the molecule is Cn1cc(C=C2N=C(c3ccccc3)OC2=O)cn1. The number of rotatable bonds is 2. The smallest absolute Gasteiger partial charge is 0.363 e. The van der Waals surface area contributed by atoms with E-state index in [0.717, 1.165) is 11.1 Å². The van der Waals surface area contributed by atoms with Crippen LogP contribution in [-0.2, 0) is 16.6 Å². The summed E-state index contributed by atoms with van der Waals surface area (Å²) in [5, 5.41) is 4.03. The molecule has 0 aliphatic carbocycles. The van der Waals surface area contributed by atoms with E-state index in [1.807, 2.05) is 37.4 Å². The molecule has 0 spiro atoms. The number of benzene rings is 1. The van der Waals surface area contributed by atoms with Crippen LogP contribution in [0.2, 0.25) is 0 Å². The molecule has 3 rings (SSSR count). The van der Waals surface area contributed by atoms with Gasteiger partial charge in [-0.05, 0) is 18.2 Å². The highest BCUT2D eigenvalue weighted by molar-refractivity contribution is 6.12. The molecule has 1 aromatic heterocycles. The lowest BCUT2D eigenvalue weighted by Crippen LogP contribution is -2.04. The Balaban J connectivity index is 1.94. The van der Waals surface area contributed by atoms with Crippen molar-refractivity contribution in [3.63, 3.8) is 0 Å². The topological polar surface area (TPSA) is 56.5 Å². The van der Waals surface area contributed by atoms with E-state index in [0.29, 0.717) is 5.90 Å². The van der Waals surface area contributed by atoms with Crippen LogP contribution >= 0.6 is 0 Å². The summed E-state index contributed by atoms with van der Waals surface area (Å²) >= 11 is 0. The van der Waals surface area contributed by atoms with E-state index < -0.39 is 5.97 Å². The van der Waals surface area contributed by atoms with E-state index in [2.05, 4.69) is 10.1 Å². The molecule has 0 unspecified atom stereocenters. The van der Waals surface area contributed by atoms with Gasteiger partial charge in [0.05, 0.1) is 6.20 Å². The molecule has 1 aromatic carbocycles. The molecule has 0 fully saturated rings. The number of cyclic esters (lactones) is 1. The van der Waals surface area contributed by atoms with Crippen molar-refractivity contribution in [1.82, 2.24) is 9.78 Å². The summed E-state index contributed by atoms with van der Waals surface area (Å²) < 4.78 is 6.82. The quantitative estimate of drug-likeness (QED) is 0.605. The molecule has 2 aromatic rings. The summed E-state index contributed by atoms with van der Waals surface area (Å²) in [6.07, 6.45) is 5.12. The molecule has 5 heteroatoms. The van der Waals surface area contributed by atoms with E-state index in [1.165, 1.54) is 0 Å². The fourth-order valence-electron chi connectivity index (χ4n) is 1.79. The minimum atomic E-state index is -0.442. The monoisotopic (exact) mass is 253 g/mol. The number of carbonyl (C=O) groups is 1. The Kier molecular flexibility index (Phi) is 2.72. The van der Waals surface area contributed by atoms with E-state index in [9.17, 15) is 4.79 Å². The fraction of sp³-hybridized carbons (Fsp3) is 0.0714. The zero-order valence-corrected chi connectivity index (χ0v) is 10.3. The van der Waals surface area contributed by atoms with Gasteiger partial charge >= 0.3 is 5.97 Å². The van der Waals surface area contributed by atoms with Crippen LogP contribution in [-0.4, -0.2) is 21.6 Å². The molecule has 0 saturated heterocycles. The number of carbonyl (C=O) groups excluding carboxylic acids is 1. The average molecular weight is 253 g/mol. The zero-order valence-electron chi connectivity index (χ0n) is 10.3. The van der Waals surface area contributed by atoms with Crippen molar-refractivity contribution in [1.29, 1.82) is 0 Å². The second kappa shape index (κ2) is 4.53. The predicted octanol–water partition coefficient (Wildman–Crippen LogP) is 1.76. The molecule has 0 bridgehead atoms. The molecule has 19 heavy (non-hydrogen) atoms. The van der Waals surface area contributed by atoms with Gasteiger partial charge in [-0.3, -0.25) is 4.68 Å². The predicted molar refractivity (Wildman–Crippen MR) is 70.3 cm³/mol. The summed E-state index contributed by atoms with van der Waals surface area (Å²) in [7, 11) is 1.81. The average Bonchev–Trinajstić information content (AvgIpc) is 2.98. The summed E-state index contributed by atoms with van der Waals surface area (Å²) in [6.45, 7) is 0. The van der Waals surface area contributed by atoms with Crippen LogP contribution in [0.25, 0.3) is 6.08 Å². The Hall–Kier alpha value is -2.69. The standard InChI is InChI=1S/C14H11N3O2/c1-17-9-10(8-15-17)7-12-14(18)19-13(16-12)11-5-3-2-4-6-11/h2-9H,1H3. The van der Waals surface area contributed by atoms with Crippen LogP contribution in [0, 0.1) is 0 Å². The molecule has 0 saturated carbocycles. The maximum Gasteiger partial charge on any atom is 0.363 e. The van der Waals surface area contributed by atoms with Gasteiger partial charge in [-0.15, -0.1) is 0 Å². The number of aromatic nitrogens is 2. The van der Waals surface area contributed by atoms with Crippen molar-refractivity contribution >= 4 is 17.9 Å². The highest BCUT2D eigenvalue weighted by Gasteiger charge is 2.23. The van der Waals surface area contributed by atoms with Crippen molar-refractivity contribution in [2.75, 3.05) is 0 Å². The summed E-state index contributed by atoms with van der Waals surface area (Å²) in [6, 6.07) is 9.33. The Labute approximate surface area is 109 Å². The minimum Gasteiger partial charge on any atom is -0.402 e. The Morgan fingerprint density at radius 3 is 2.74 bits per heavy atom. The molecule has 1 aliphatic rings. The van der Waals surface area contributed by atoms with Crippen LogP contribution in [0.4, 0.5) is 0 Å². The highest BCUT2D eigenvalue weighted by Crippen LogP contribution is 2.18. The van der Waals surface area contributed by atoms with Gasteiger partial charge in [-0.1, -0.05) is 18.2 Å². The lowest BCUT2D eigenvalue weighted by molar-refractivity contribution is -0.129. The van der Waals surface area contributed by atoms with E-state index in [4.69, 9.17) is 4.74 Å². The number of ether oxygens (including phenoxy) is 1. The van der Waals surface area contributed by atoms with Crippen LogP contribution < -0.4 is 0 Å². The van der Waals surface area contributed by atoms with Gasteiger partial charge in [-0.2, -0.15) is 5.10 Å². The van der Waals surface area contributed by atoms with Gasteiger partial charge < -0.3 is 4.74 Å². The first-order chi connectivity index (χ1) is 9.22. The maximum atomic E-state index is 11.7. The van der Waals surface area contributed by atoms with E-state index >= 15 is 0 Å². The Bertz CT molecular complexity index is 684. The molecule has 1 aliphatic heterocycles. The molecule has 0 atom stereocenters. The molecule has 2 heterocycles. The molecular formula is C14H11N3O2. The number of aryl methyl sites for hydroxylation is 1. The maximum absolute atomic E-state index is 11.7. The molecule has 0 radical (unpaired) electrons. The van der Waals surface area contributed by atoms with Gasteiger partial charge in [0.1, 0.15) is 0 Å². The van der Waals surface area contributed by atoms with Crippen molar-refractivity contribution in [2.24, 2.45) is 12.0 Å². The summed E-state index contributed by atoms with van der Waals surface area (Å²) in [5.74, 6) is -0.108. The van der Waals surface area contributed by atoms with Crippen LogP contribution in [0.15, 0.2) is 53.4 Å². The molecule has 5 nitrogen and oxygen atoms in total. The van der Waals surface area contributed by atoms with Crippen molar-refractivity contribution in [3.8, 4) is 0 Å². The number of aliphatic imine (C=N–C) groups is 1. The van der Waals surface area contributed by atoms with E-state index in [-0.39, 0.29) is 5.70 Å². The molecule has 0 N–H and O–H groups in total. The zero-order chi connectivity index (χ0) is 13.2. The lowest BCUT2D eigenvalue weighted by atomic mass is 10.2. The second-order valence-corrected chi connectivity index (χ2v) is 4.15. The first-order valence-electron chi connectivity index (χ1n) is 5.79. The summed E-state index contributed by atoms with van der Waals surface area (Å²) in [5.41, 5.74) is 1.88. The van der Waals surface area contributed by atoms with Crippen molar-refractivity contribution < 1.29 is 9.53 Å². The molecular weight excluding hydrogens is 242 g/mol. The molecule has 0 amide bonds. The van der Waals surface area contributed by atoms with Gasteiger partial charge in [0, 0.05) is 24.4 Å². The first kappa shape index (κ1) is 11.4. The van der Waals surface area contributed by atoms with Crippen molar-refractivity contribution in [3.05, 3.63) is 59.5 Å². The third kappa shape index (κ3) is 2.30. The van der Waals surface area contributed by atoms with Gasteiger partial charge in [0.25, 0.3) is 0 Å². The molecule has 94 valence electrons. The Morgan fingerprint density at radius 1 is 1.26 bits per heavy atom. The third-order valence-electron chi connectivity index (χ3n) is 2.67. The number of hydrogen-bond acceptors (Lipinski definition) is 4. The number of nitrogens with zero attached hydrogens (tertiary/aromatic N) is 3. The van der Waals surface area contributed by atoms with Crippen LogP contribution in [0.5, 0.6) is 0 Å². The largest absolute Gasteiger partial charge is 0.402 e. The van der Waals surface area contributed by atoms with E-state index in [1.54, 1.807) is 23.2 Å². The minimum absolute atomic E-state index is 0.284. The van der Waals surface area contributed by atoms with Gasteiger partial charge in [0.15, 0.2) is 5.70 Å². The van der Waals surface area contributed by atoms with Gasteiger partial charge in [0.2, 0.25) is 5.90 Å². The van der Waals surface area contributed by atoms with Crippen LogP contribution in [0.1, 0.15) is 11.1 Å². The number of hydrogen-bond donors (Lipinski definition) is 0. The number of esters is 1. The second-order valence-electron chi connectivity index (χ2n) is 4.15. The first-order valence-corrected chi connectivity index (χ1v) is 5.79.